The van der Waals surface area contributed by atoms with Crippen LogP contribution in [0, 0.1) is 11.3 Å². The molecular formula is C50H39N3S. The normalized spacial score (nSPS) is 16.4. The molecule has 2 atom stereocenters. The molecule has 0 bridgehead atoms. The van der Waals surface area contributed by atoms with Crippen molar-refractivity contribution in [3.63, 3.8) is 0 Å². The van der Waals surface area contributed by atoms with Crippen molar-refractivity contribution in [2.45, 2.75) is 28.4 Å². The molecule has 9 rings (SSSR count). The molecule has 0 amide bonds. The van der Waals surface area contributed by atoms with Gasteiger partial charge in [0.15, 0.2) is 5.82 Å². The summed E-state index contributed by atoms with van der Waals surface area (Å²) in [5.41, 5.74) is 13.5. The van der Waals surface area contributed by atoms with Gasteiger partial charge in [-0.3, -0.25) is 0 Å². The Morgan fingerprint density at radius 1 is 0.611 bits per heavy atom. The highest BCUT2D eigenvalue weighted by molar-refractivity contribution is 8.00. The lowest BCUT2D eigenvalue weighted by atomic mass is 9.62. The number of fused-ring (bicyclic) bond motifs is 7. The SMILES string of the molecule is C=CC1Sc2ccc(-c3cccc(CCC=N)c3)cc2C2(c3ccccc3-c3ccccc32)C1/C=C/c1nc(-c2ccccc2)cc(-c2ccccc2)n1. The van der Waals surface area contributed by atoms with E-state index in [0.29, 0.717) is 5.82 Å². The van der Waals surface area contributed by atoms with Gasteiger partial charge < -0.3 is 5.41 Å². The first kappa shape index (κ1) is 33.7. The number of aryl methyl sites for hydroxylation is 1. The van der Waals surface area contributed by atoms with Crippen molar-refractivity contribution >= 4 is 24.1 Å². The van der Waals surface area contributed by atoms with E-state index in [0.717, 1.165) is 35.4 Å². The molecule has 0 saturated heterocycles. The van der Waals surface area contributed by atoms with Crippen molar-refractivity contribution in [1.82, 2.24) is 9.97 Å². The lowest BCUT2D eigenvalue weighted by molar-refractivity contribution is 0.454. The number of thioether (sulfide) groups is 1. The summed E-state index contributed by atoms with van der Waals surface area (Å²) in [5, 5.41) is 7.66. The molecule has 0 saturated carbocycles. The molecule has 1 aromatic heterocycles. The second kappa shape index (κ2) is 14.4. The van der Waals surface area contributed by atoms with Crippen molar-refractivity contribution in [2.24, 2.45) is 5.92 Å². The van der Waals surface area contributed by atoms with Crippen LogP contribution in [0.15, 0.2) is 181 Å². The van der Waals surface area contributed by atoms with Gasteiger partial charge in [0, 0.05) is 27.2 Å². The maximum atomic E-state index is 7.58. The minimum atomic E-state index is -0.490. The summed E-state index contributed by atoms with van der Waals surface area (Å²) in [4.78, 5) is 11.6. The zero-order chi connectivity index (χ0) is 36.5. The van der Waals surface area contributed by atoms with Gasteiger partial charge in [-0.1, -0.05) is 152 Å². The Hall–Kier alpha value is -6.10. The van der Waals surface area contributed by atoms with Crippen molar-refractivity contribution in [3.05, 3.63) is 205 Å². The van der Waals surface area contributed by atoms with E-state index >= 15 is 0 Å². The lowest BCUT2D eigenvalue weighted by Crippen LogP contribution is -2.43. The predicted molar refractivity (Wildman–Crippen MR) is 226 cm³/mol. The summed E-state index contributed by atoms with van der Waals surface area (Å²) in [7, 11) is 0. The first-order valence-electron chi connectivity index (χ1n) is 18.6. The highest BCUT2D eigenvalue weighted by Gasteiger charge is 2.54. The molecule has 1 aliphatic carbocycles. The van der Waals surface area contributed by atoms with Gasteiger partial charge >= 0.3 is 0 Å². The average molecular weight is 714 g/mol. The van der Waals surface area contributed by atoms with E-state index in [4.69, 9.17) is 15.4 Å². The van der Waals surface area contributed by atoms with E-state index in [1.54, 1.807) is 0 Å². The van der Waals surface area contributed by atoms with E-state index in [9.17, 15) is 0 Å². The Bertz CT molecular complexity index is 2440. The van der Waals surface area contributed by atoms with Crippen LogP contribution in [-0.2, 0) is 11.8 Å². The van der Waals surface area contributed by atoms with Crippen molar-refractivity contribution in [3.8, 4) is 44.8 Å². The summed E-state index contributed by atoms with van der Waals surface area (Å²) in [6.07, 6.45) is 9.74. The topological polar surface area (TPSA) is 49.6 Å². The molecule has 4 heteroatoms. The fraction of sp³-hybridized carbons (Fsp3) is 0.100. The number of benzene rings is 6. The number of nitrogens with zero attached hydrogens (tertiary/aromatic N) is 2. The molecule has 6 aromatic carbocycles. The molecule has 1 spiro atoms. The molecule has 2 heterocycles. The second-order valence-corrected chi connectivity index (χ2v) is 15.2. The standard InChI is InChI=1S/C50H39N3S/c1-2-47-43(27-29-49-52-45(35-17-5-3-6-18-35)33-46(53-49)36-19-7-4-8-20-36)50(41-24-11-9-22-39(41)40-23-10-12-25-42(40)50)44-32-38(26-28-48(44)54-47)37-21-13-15-34(31-37)16-14-30-51/h2-13,15,17-33,43,47,51H,1,14,16H2/b29-27+,51-30?. The fourth-order valence-electron chi connectivity index (χ4n) is 8.52. The molecule has 1 aliphatic heterocycles. The Morgan fingerprint density at radius 2 is 1.20 bits per heavy atom. The molecule has 260 valence electrons. The summed E-state index contributed by atoms with van der Waals surface area (Å²) >= 11 is 1.89. The monoisotopic (exact) mass is 713 g/mol. The second-order valence-electron chi connectivity index (χ2n) is 14.0. The van der Waals surface area contributed by atoms with Crippen LogP contribution in [0.3, 0.4) is 0 Å². The van der Waals surface area contributed by atoms with Gasteiger partial charge in [0.25, 0.3) is 0 Å². The molecule has 0 fully saturated rings. The van der Waals surface area contributed by atoms with Crippen LogP contribution in [0.1, 0.15) is 34.5 Å². The van der Waals surface area contributed by atoms with E-state index in [2.05, 4.69) is 170 Å². The molecular weight excluding hydrogens is 675 g/mol. The van der Waals surface area contributed by atoms with Gasteiger partial charge in [-0.2, -0.15) is 0 Å². The maximum Gasteiger partial charge on any atom is 0.152 e. The van der Waals surface area contributed by atoms with Gasteiger partial charge in [-0.15, -0.1) is 18.3 Å². The van der Waals surface area contributed by atoms with Crippen molar-refractivity contribution < 1.29 is 0 Å². The molecule has 54 heavy (non-hydrogen) atoms. The van der Waals surface area contributed by atoms with Crippen LogP contribution in [0.5, 0.6) is 0 Å². The average Bonchev–Trinajstić information content (AvgIpc) is 3.53. The fourth-order valence-corrected chi connectivity index (χ4v) is 9.85. The van der Waals surface area contributed by atoms with Gasteiger partial charge in [0.1, 0.15) is 0 Å². The number of rotatable bonds is 9. The summed E-state index contributed by atoms with van der Waals surface area (Å²) < 4.78 is 0. The molecule has 2 unspecified atom stereocenters. The maximum absolute atomic E-state index is 7.58. The third-order valence-electron chi connectivity index (χ3n) is 10.9. The Labute approximate surface area is 321 Å². The molecule has 3 nitrogen and oxygen atoms in total. The number of nitrogens with one attached hydrogen (secondary N) is 1. The van der Waals surface area contributed by atoms with E-state index in [1.165, 1.54) is 55.6 Å². The number of aromatic nitrogens is 2. The molecule has 2 aliphatic rings. The van der Waals surface area contributed by atoms with Crippen LogP contribution in [0.4, 0.5) is 0 Å². The first-order valence-corrected chi connectivity index (χ1v) is 19.4. The first-order chi connectivity index (χ1) is 26.7. The minimum absolute atomic E-state index is 0.00404. The number of hydrogen-bond acceptors (Lipinski definition) is 4. The highest BCUT2D eigenvalue weighted by atomic mass is 32.2. The van der Waals surface area contributed by atoms with Gasteiger partial charge in [0.05, 0.1) is 16.8 Å². The molecule has 1 N–H and O–H groups in total. The van der Waals surface area contributed by atoms with E-state index in [1.807, 2.05) is 23.9 Å². The van der Waals surface area contributed by atoms with Crippen LogP contribution in [-0.4, -0.2) is 21.4 Å². The van der Waals surface area contributed by atoms with E-state index in [-0.39, 0.29) is 11.2 Å². The van der Waals surface area contributed by atoms with Crippen LogP contribution < -0.4 is 0 Å². The Balaban J connectivity index is 1.26. The summed E-state index contributed by atoms with van der Waals surface area (Å²) in [6.45, 7) is 4.43. The van der Waals surface area contributed by atoms with Crippen molar-refractivity contribution in [2.75, 3.05) is 0 Å². The zero-order valence-electron chi connectivity index (χ0n) is 29.9. The summed E-state index contributed by atoms with van der Waals surface area (Å²) in [6, 6.07) is 56.6. The third-order valence-corrected chi connectivity index (χ3v) is 12.3. The van der Waals surface area contributed by atoms with Crippen molar-refractivity contribution in [1.29, 1.82) is 5.41 Å². The van der Waals surface area contributed by atoms with Crippen LogP contribution in [0.25, 0.3) is 50.8 Å². The van der Waals surface area contributed by atoms with Gasteiger partial charge in [0.2, 0.25) is 0 Å². The summed E-state index contributed by atoms with van der Waals surface area (Å²) in [5.74, 6) is 0.676. The lowest BCUT2D eigenvalue weighted by Gasteiger charge is -2.46. The third kappa shape index (κ3) is 5.84. The smallest absolute Gasteiger partial charge is 0.152 e. The molecule has 7 aromatic rings. The largest absolute Gasteiger partial charge is 0.313 e. The minimum Gasteiger partial charge on any atom is -0.313 e. The van der Waals surface area contributed by atoms with Crippen LogP contribution in [0.2, 0.25) is 0 Å². The van der Waals surface area contributed by atoms with E-state index < -0.39 is 5.41 Å². The quantitative estimate of drug-likeness (QED) is 0.120. The van der Waals surface area contributed by atoms with Gasteiger partial charge in [-0.25, -0.2) is 9.97 Å². The zero-order valence-corrected chi connectivity index (χ0v) is 30.7. The van der Waals surface area contributed by atoms with Gasteiger partial charge in [-0.05, 0) is 87.8 Å². The Morgan fingerprint density at radius 3 is 1.83 bits per heavy atom. The Kier molecular flexibility index (Phi) is 8.98. The number of allylic oxidation sites excluding steroid dienone is 1. The molecule has 0 radical (unpaired) electrons. The predicted octanol–water partition coefficient (Wildman–Crippen LogP) is 12.4. The van der Waals surface area contributed by atoms with Crippen LogP contribution >= 0.6 is 11.8 Å². The highest BCUT2D eigenvalue weighted by Crippen LogP contribution is 2.63. The number of hydrogen-bond donors (Lipinski definition) is 1.